The predicted molar refractivity (Wildman–Crippen MR) is 106 cm³/mol. The van der Waals surface area contributed by atoms with E-state index in [2.05, 4.69) is 27.0 Å². The van der Waals surface area contributed by atoms with Gasteiger partial charge in [-0.3, -0.25) is 0 Å². The molecule has 0 spiro atoms. The molecule has 0 aliphatic heterocycles. The fourth-order valence-electron chi connectivity index (χ4n) is 2.31. The van der Waals surface area contributed by atoms with Gasteiger partial charge in [-0.1, -0.05) is 40.2 Å². The summed E-state index contributed by atoms with van der Waals surface area (Å²) in [5.41, 5.74) is 3.39. The first kappa shape index (κ1) is 17.4. The fraction of sp³-hybridized carbons (Fsp3) is 0.100. The Hall–Kier alpha value is -2.42. The van der Waals surface area contributed by atoms with Gasteiger partial charge in [0.1, 0.15) is 16.8 Å². The van der Waals surface area contributed by atoms with Gasteiger partial charge in [0, 0.05) is 15.4 Å². The van der Waals surface area contributed by atoms with Crippen molar-refractivity contribution in [1.82, 2.24) is 4.98 Å². The largest absolute Gasteiger partial charge is 0.494 e. The highest BCUT2D eigenvalue weighted by molar-refractivity contribution is 9.10. The Balaban J connectivity index is 1.87. The Morgan fingerprint density at radius 2 is 2.08 bits per heavy atom. The number of thiazole rings is 1. The lowest BCUT2D eigenvalue weighted by Gasteiger charge is -2.02. The lowest BCUT2D eigenvalue weighted by molar-refractivity contribution is 0.340. The van der Waals surface area contributed by atoms with Crippen LogP contribution in [-0.4, -0.2) is 11.6 Å². The molecule has 0 fully saturated rings. The Morgan fingerprint density at radius 1 is 1.28 bits per heavy atom. The number of nitrogens with zero attached hydrogens (tertiary/aromatic N) is 2. The minimum absolute atomic E-state index is 0.551. The van der Waals surface area contributed by atoms with Crippen LogP contribution in [0.15, 0.2) is 58.4 Å². The summed E-state index contributed by atoms with van der Waals surface area (Å²) in [6.07, 6.45) is 1.85. The SMILES string of the molecule is CCOc1ccc(/C=C(\C#N)c2nc(-c3cccc(Br)c3)cs2)cc1. The molecule has 1 aromatic heterocycles. The number of allylic oxidation sites excluding steroid dienone is 1. The molecule has 0 aliphatic carbocycles. The van der Waals surface area contributed by atoms with E-state index in [-0.39, 0.29) is 0 Å². The topological polar surface area (TPSA) is 45.9 Å². The highest BCUT2D eigenvalue weighted by Gasteiger charge is 2.09. The van der Waals surface area contributed by atoms with Gasteiger partial charge in [-0.25, -0.2) is 4.98 Å². The van der Waals surface area contributed by atoms with Crippen molar-refractivity contribution in [3.05, 3.63) is 69.0 Å². The maximum Gasteiger partial charge on any atom is 0.134 e. The van der Waals surface area contributed by atoms with Gasteiger partial charge in [-0.2, -0.15) is 5.26 Å². The first-order valence-electron chi connectivity index (χ1n) is 7.76. The molecule has 0 amide bonds. The van der Waals surface area contributed by atoms with E-state index in [0.717, 1.165) is 27.0 Å². The average molecular weight is 411 g/mol. The molecule has 0 saturated carbocycles. The summed E-state index contributed by atoms with van der Waals surface area (Å²) in [7, 11) is 0. The average Bonchev–Trinajstić information content (AvgIpc) is 3.11. The molecule has 5 heteroatoms. The summed E-state index contributed by atoms with van der Waals surface area (Å²) in [6.45, 7) is 2.59. The fourth-order valence-corrected chi connectivity index (χ4v) is 3.51. The molecule has 2 aromatic carbocycles. The Labute approximate surface area is 159 Å². The smallest absolute Gasteiger partial charge is 0.134 e. The summed E-state index contributed by atoms with van der Waals surface area (Å²) in [4.78, 5) is 4.62. The molecular weight excluding hydrogens is 396 g/mol. The third kappa shape index (κ3) is 4.36. The van der Waals surface area contributed by atoms with Crippen molar-refractivity contribution in [2.75, 3.05) is 6.61 Å². The van der Waals surface area contributed by atoms with Crippen molar-refractivity contribution < 1.29 is 4.74 Å². The molecule has 25 heavy (non-hydrogen) atoms. The Kier molecular flexibility index (Phi) is 5.64. The lowest BCUT2D eigenvalue weighted by Crippen LogP contribution is -1.90. The zero-order valence-electron chi connectivity index (χ0n) is 13.6. The van der Waals surface area contributed by atoms with Crippen LogP contribution in [0.1, 0.15) is 17.5 Å². The number of hydrogen-bond donors (Lipinski definition) is 0. The van der Waals surface area contributed by atoms with Crippen molar-refractivity contribution in [2.45, 2.75) is 6.92 Å². The van der Waals surface area contributed by atoms with Crippen LogP contribution in [0.5, 0.6) is 5.75 Å². The quantitative estimate of drug-likeness (QED) is 0.481. The van der Waals surface area contributed by atoms with Crippen molar-refractivity contribution in [1.29, 1.82) is 5.26 Å². The zero-order valence-corrected chi connectivity index (χ0v) is 16.0. The van der Waals surface area contributed by atoms with Gasteiger partial charge in [0.15, 0.2) is 0 Å². The molecule has 3 aromatic rings. The van der Waals surface area contributed by atoms with Gasteiger partial charge in [-0.15, -0.1) is 11.3 Å². The van der Waals surface area contributed by atoms with E-state index in [1.165, 1.54) is 11.3 Å². The van der Waals surface area contributed by atoms with Crippen molar-refractivity contribution >= 4 is 38.9 Å². The molecule has 3 nitrogen and oxygen atoms in total. The second-order valence-corrected chi connectivity index (χ2v) is 6.99. The molecule has 0 aliphatic rings. The molecule has 0 N–H and O–H groups in total. The molecular formula is C20H15BrN2OS. The molecule has 0 radical (unpaired) electrons. The zero-order chi connectivity index (χ0) is 17.6. The highest BCUT2D eigenvalue weighted by Crippen LogP contribution is 2.28. The first-order valence-corrected chi connectivity index (χ1v) is 9.43. The lowest BCUT2D eigenvalue weighted by atomic mass is 10.1. The van der Waals surface area contributed by atoms with Gasteiger partial charge in [0.25, 0.3) is 0 Å². The van der Waals surface area contributed by atoms with Gasteiger partial charge < -0.3 is 4.74 Å². The van der Waals surface area contributed by atoms with Crippen LogP contribution in [-0.2, 0) is 0 Å². The van der Waals surface area contributed by atoms with Crippen molar-refractivity contribution in [3.63, 3.8) is 0 Å². The molecule has 0 unspecified atom stereocenters. The minimum atomic E-state index is 0.551. The summed E-state index contributed by atoms with van der Waals surface area (Å²) in [6, 6.07) is 17.9. The summed E-state index contributed by atoms with van der Waals surface area (Å²) in [5, 5.41) is 12.2. The van der Waals surface area contributed by atoms with Gasteiger partial charge in [-0.05, 0) is 42.8 Å². The van der Waals surface area contributed by atoms with Crippen molar-refractivity contribution in [3.8, 4) is 23.1 Å². The van der Waals surface area contributed by atoms with E-state index < -0.39 is 0 Å². The summed E-state index contributed by atoms with van der Waals surface area (Å²) >= 11 is 4.94. The van der Waals surface area contributed by atoms with E-state index in [1.807, 2.05) is 66.9 Å². The number of aromatic nitrogens is 1. The first-order chi connectivity index (χ1) is 12.2. The van der Waals surface area contributed by atoms with Gasteiger partial charge in [0.05, 0.1) is 17.9 Å². The van der Waals surface area contributed by atoms with Gasteiger partial charge in [0.2, 0.25) is 0 Å². The highest BCUT2D eigenvalue weighted by atomic mass is 79.9. The van der Waals surface area contributed by atoms with Crippen LogP contribution >= 0.6 is 27.3 Å². The maximum absolute atomic E-state index is 9.52. The predicted octanol–water partition coefficient (Wildman–Crippen LogP) is 6.04. The standard InChI is InChI=1S/C20H15BrN2OS/c1-2-24-18-8-6-14(7-9-18)10-16(12-22)20-23-19(13-25-20)15-4-3-5-17(21)11-15/h3-11,13H,2H2,1H3/b16-10+. The van der Waals surface area contributed by atoms with E-state index >= 15 is 0 Å². The third-order valence-corrected chi connectivity index (χ3v) is 4.85. The number of ether oxygens (including phenoxy) is 1. The Morgan fingerprint density at radius 3 is 2.76 bits per heavy atom. The monoisotopic (exact) mass is 410 g/mol. The van der Waals surface area contributed by atoms with E-state index in [4.69, 9.17) is 4.74 Å². The molecule has 0 bridgehead atoms. The molecule has 0 atom stereocenters. The van der Waals surface area contributed by atoms with Crippen molar-refractivity contribution in [2.24, 2.45) is 0 Å². The number of halogens is 1. The number of rotatable bonds is 5. The Bertz CT molecular complexity index is 939. The molecule has 1 heterocycles. The van der Waals surface area contributed by atoms with Gasteiger partial charge >= 0.3 is 0 Å². The second-order valence-electron chi connectivity index (χ2n) is 5.22. The van der Waals surface area contributed by atoms with Crippen LogP contribution in [0.25, 0.3) is 22.9 Å². The maximum atomic E-state index is 9.52. The normalized spacial score (nSPS) is 11.2. The number of hydrogen-bond acceptors (Lipinski definition) is 4. The summed E-state index contributed by atoms with van der Waals surface area (Å²) < 4.78 is 6.44. The van der Waals surface area contributed by atoms with Crippen LogP contribution in [0.2, 0.25) is 0 Å². The van der Waals surface area contributed by atoms with Crippen LogP contribution in [0.4, 0.5) is 0 Å². The minimum Gasteiger partial charge on any atom is -0.494 e. The summed E-state index contributed by atoms with van der Waals surface area (Å²) in [5.74, 6) is 0.823. The molecule has 124 valence electrons. The third-order valence-electron chi connectivity index (χ3n) is 3.48. The van der Waals surface area contributed by atoms with Crippen LogP contribution < -0.4 is 4.74 Å². The van der Waals surface area contributed by atoms with Crippen LogP contribution in [0.3, 0.4) is 0 Å². The second kappa shape index (κ2) is 8.11. The molecule has 0 saturated heterocycles. The van der Waals surface area contributed by atoms with E-state index in [9.17, 15) is 5.26 Å². The number of benzene rings is 2. The van der Waals surface area contributed by atoms with E-state index in [1.54, 1.807) is 0 Å². The van der Waals surface area contributed by atoms with E-state index in [0.29, 0.717) is 17.2 Å². The van der Waals surface area contributed by atoms with Crippen LogP contribution in [0, 0.1) is 11.3 Å². The molecule has 3 rings (SSSR count). The number of nitriles is 1.